The normalized spacial score (nSPS) is 8.40. The summed E-state index contributed by atoms with van der Waals surface area (Å²) in [6.07, 6.45) is 0. The van der Waals surface area contributed by atoms with E-state index in [4.69, 9.17) is 8.42 Å². The minimum atomic E-state index is -3.72. The molecule has 0 radical (unpaired) electrons. The summed E-state index contributed by atoms with van der Waals surface area (Å²) in [6.45, 7) is 0. The summed E-state index contributed by atoms with van der Waals surface area (Å²) < 4.78 is 18.1. The Morgan fingerprint density at radius 3 is 1.20 bits per heavy atom. The van der Waals surface area contributed by atoms with Crippen molar-refractivity contribution >= 4 is 65.1 Å². The molecule has 64 valence electrons. The van der Waals surface area contributed by atoms with Gasteiger partial charge in [-0.05, 0) is 0 Å². The quantitative estimate of drug-likeness (QED) is 0.637. The van der Waals surface area contributed by atoms with Crippen LogP contribution in [0.25, 0.3) is 0 Å². The first kappa shape index (κ1) is 17.3. The standard InChI is InChI=1S/CBr2O.CH4.Cl2O2S/c2-1(3)4;;1-5(2,3)4/h;1H4;. The molecule has 0 saturated heterocycles. The largest absolute Gasteiger partial charge is 0.317 e. The third kappa shape index (κ3) is 453. The summed E-state index contributed by atoms with van der Waals surface area (Å²) in [7, 11) is 4.81. The van der Waals surface area contributed by atoms with Crippen LogP contribution in [0.2, 0.25) is 0 Å². The molecule has 0 saturated carbocycles. The molecule has 0 aliphatic heterocycles. The van der Waals surface area contributed by atoms with Crippen LogP contribution in [0.1, 0.15) is 7.43 Å². The van der Waals surface area contributed by atoms with Crippen LogP contribution in [0.4, 0.5) is 4.79 Å². The van der Waals surface area contributed by atoms with Gasteiger partial charge in [0.15, 0.2) is 0 Å². The Kier molecular flexibility index (Phi) is 14.3. The molecule has 0 amide bonds. The van der Waals surface area contributed by atoms with Crippen LogP contribution >= 0.6 is 53.2 Å². The molecule has 0 aromatic heterocycles. The first-order valence-corrected chi connectivity index (χ1v) is 5.95. The van der Waals surface area contributed by atoms with Gasteiger partial charge in [-0.3, -0.25) is 4.79 Å². The summed E-state index contributed by atoms with van der Waals surface area (Å²) in [5.41, 5.74) is 0. The van der Waals surface area contributed by atoms with Gasteiger partial charge in [0.2, 0.25) is 0 Å². The van der Waals surface area contributed by atoms with Crippen molar-refractivity contribution in [2.75, 3.05) is 0 Å². The summed E-state index contributed by atoms with van der Waals surface area (Å²) in [5.74, 6) is 0. The second-order valence-corrected chi connectivity index (χ2v) is 6.78. The molecule has 0 fully saturated rings. The van der Waals surface area contributed by atoms with Gasteiger partial charge in [-0.2, -0.15) is 8.42 Å². The van der Waals surface area contributed by atoms with Crippen molar-refractivity contribution in [2.45, 2.75) is 7.43 Å². The molecule has 0 heterocycles. The van der Waals surface area contributed by atoms with Crippen molar-refractivity contribution in [3.63, 3.8) is 0 Å². The van der Waals surface area contributed by atoms with Gasteiger partial charge in [0.25, 0.3) is 3.60 Å². The average Bonchev–Trinajstić information content (AvgIpc) is 1.19. The maximum absolute atomic E-state index is 9.28. The van der Waals surface area contributed by atoms with Gasteiger partial charge in [-0.1, -0.05) is 7.43 Å². The van der Waals surface area contributed by atoms with Crippen LogP contribution in [0, 0.1) is 0 Å². The van der Waals surface area contributed by atoms with E-state index in [0.717, 1.165) is 0 Å². The fraction of sp³-hybridized carbons (Fsp3) is 0.500. The molecule has 10 heavy (non-hydrogen) atoms. The van der Waals surface area contributed by atoms with E-state index in [1.165, 1.54) is 0 Å². The predicted octanol–water partition coefficient (Wildman–Crippen LogP) is 3.24. The van der Waals surface area contributed by atoms with Crippen LogP contribution in [0.3, 0.4) is 0 Å². The third-order valence-electron chi connectivity index (χ3n) is 0. The highest BCUT2D eigenvalue weighted by molar-refractivity contribution is 9.39. The van der Waals surface area contributed by atoms with E-state index in [-0.39, 0.29) is 11.0 Å². The molecule has 0 aliphatic rings. The minimum absolute atomic E-state index is 0. The van der Waals surface area contributed by atoms with E-state index < -0.39 is 8.26 Å². The lowest BCUT2D eigenvalue weighted by Crippen LogP contribution is -1.63. The summed E-state index contributed by atoms with van der Waals surface area (Å²) in [6, 6.07) is 0. The van der Waals surface area contributed by atoms with Gasteiger partial charge in [-0.25, -0.2) is 0 Å². The number of halogens is 4. The van der Waals surface area contributed by atoms with E-state index in [2.05, 4.69) is 53.2 Å². The maximum Gasteiger partial charge on any atom is 0.317 e. The van der Waals surface area contributed by atoms with Crippen LogP contribution in [-0.4, -0.2) is 12.0 Å². The highest BCUT2D eigenvalue weighted by Crippen LogP contribution is 1.98. The first-order chi connectivity index (χ1) is 3.73. The zero-order valence-corrected chi connectivity index (χ0v) is 9.15. The summed E-state index contributed by atoms with van der Waals surface area (Å²) in [5, 5.41) is 0. The molecular weight excluding hydrogens is 335 g/mol. The van der Waals surface area contributed by atoms with Gasteiger partial charge in [0, 0.05) is 53.2 Å². The van der Waals surface area contributed by atoms with E-state index in [0.29, 0.717) is 0 Å². The van der Waals surface area contributed by atoms with Crippen molar-refractivity contribution in [3.05, 3.63) is 0 Å². The van der Waals surface area contributed by atoms with Gasteiger partial charge in [-0.15, -0.1) is 0 Å². The fourth-order valence-electron chi connectivity index (χ4n) is 0. The van der Waals surface area contributed by atoms with Crippen molar-refractivity contribution in [3.8, 4) is 0 Å². The highest BCUT2D eigenvalue weighted by atomic mass is 79.9. The Bertz CT molecular complexity index is 165. The smallest absolute Gasteiger partial charge is 0.273 e. The van der Waals surface area contributed by atoms with Crippen molar-refractivity contribution in [2.24, 2.45) is 0 Å². The Morgan fingerprint density at radius 1 is 1.20 bits per heavy atom. The zero-order valence-electron chi connectivity index (χ0n) is 3.64. The molecule has 3 nitrogen and oxygen atoms in total. The molecular formula is C2H4Br2Cl2O3S. The van der Waals surface area contributed by atoms with E-state index in [1.807, 2.05) is 0 Å². The number of rotatable bonds is 0. The van der Waals surface area contributed by atoms with Gasteiger partial charge in [0.05, 0.1) is 0 Å². The summed E-state index contributed by atoms with van der Waals surface area (Å²) in [4.78, 5) is 9.28. The zero-order chi connectivity index (χ0) is 8.08. The van der Waals surface area contributed by atoms with Crippen LogP contribution in [0.15, 0.2) is 0 Å². The Morgan fingerprint density at radius 2 is 1.20 bits per heavy atom. The lowest BCUT2D eigenvalue weighted by atomic mass is 11.9. The molecule has 0 N–H and O–H groups in total. The maximum atomic E-state index is 9.28. The van der Waals surface area contributed by atoms with E-state index in [9.17, 15) is 4.79 Å². The highest BCUT2D eigenvalue weighted by Gasteiger charge is 1.88. The molecule has 0 aromatic rings. The molecule has 0 rings (SSSR count). The van der Waals surface area contributed by atoms with Crippen molar-refractivity contribution in [1.82, 2.24) is 0 Å². The van der Waals surface area contributed by atoms with Crippen LogP contribution in [-0.2, 0) is 8.26 Å². The molecule has 0 atom stereocenters. The lowest BCUT2D eigenvalue weighted by molar-refractivity contribution is 0.278. The van der Waals surface area contributed by atoms with E-state index in [1.54, 1.807) is 0 Å². The van der Waals surface area contributed by atoms with Gasteiger partial charge >= 0.3 is 8.26 Å². The second kappa shape index (κ2) is 8.26. The number of hydrogen-bond acceptors (Lipinski definition) is 3. The number of hydrogen-bond donors (Lipinski definition) is 0. The Labute approximate surface area is 85.3 Å². The second-order valence-electron chi connectivity index (χ2n) is 0.604. The molecule has 8 heteroatoms. The topological polar surface area (TPSA) is 51.2 Å². The number of carbonyl (C=O) groups excluding carboxylic acids is 1. The average molecular weight is 339 g/mol. The van der Waals surface area contributed by atoms with Gasteiger partial charge < -0.3 is 0 Å². The molecule has 0 spiro atoms. The first-order valence-electron chi connectivity index (χ1n) is 1.22. The van der Waals surface area contributed by atoms with E-state index >= 15 is 0 Å². The molecule has 0 aliphatic carbocycles. The van der Waals surface area contributed by atoms with Crippen molar-refractivity contribution in [1.29, 1.82) is 0 Å². The van der Waals surface area contributed by atoms with Crippen molar-refractivity contribution < 1.29 is 13.2 Å². The third-order valence-corrected chi connectivity index (χ3v) is 0. The molecule has 0 unspecified atom stereocenters. The SMILES string of the molecule is C.O=C(Br)Br.O=S(=O)(Cl)Cl. The number of carbonyl (C=O) groups is 1. The molecule has 0 bridgehead atoms. The minimum Gasteiger partial charge on any atom is -0.273 e. The van der Waals surface area contributed by atoms with Crippen LogP contribution in [0.5, 0.6) is 0 Å². The lowest BCUT2D eigenvalue weighted by Gasteiger charge is -1.61. The molecule has 0 aromatic carbocycles. The van der Waals surface area contributed by atoms with Crippen LogP contribution < -0.4 is 0 Å². The summed E-state index contributed by atoms with van der Waals surface area (Å²) >= 11 is 5.10. The predicted molar refractivity (Wildman–Crippen MR) is 50.6 cm³/mol. The monoisotopic (exact) mass is 336 g/mol. The fourth-order valence-corrected chi connectivity index (χ4v) is 0. The Hall–Kier alpha value is 1.16. The Balaban J connectivity index is -0.0000000910. The van der Waals surface area contributed by atoms with Gasteiger partial charge in [0.1, 0.15) is 0 Å².